The molecule has 0 aliphatic heterocycles. The molecule has 1 aromatic carbocycles. The molecule has 6 nitrogen and oxygen atoms in total. The molecule has 3 aromatic rings. The van der Waals surface area contributed by atoms with Gasteiger partial charge in [-0.1, -0.05) is 0 Å². The molecule has 0 saturated carbocycles. The summed E-state index contributed by atoms with van der Waals surface area (Å²) in [6.45, 7) is 4.31. The Kier molecular flexibility index (Phi) is 5.53. The normalized spacial score (nSPS) is 12.1. The second-order valence-corrected chi connectivity index (χ2v) is 6.43. The van der Waals surface area contributed by atoms with E-state index in [1.165, 1.54) is 0 Å². The molecule has 0 radical (unpaired) electrons. The third-order valence-corrected chi connectivity index (χ3v) is 4.26. The molecule has 0 fully saturated rings. The highest BCUT2D eigenvalue weighted by atomic mass is 16.3. The van der Waals surface area contributed by atoms with Gasteiger partial charge >= 0.3 is 0 Å². The first kappa shape index (κ1) is 17.9. The molecule has 0 bridgehead atoms. The standard InChI is InChI=1S/C20H23N3O3/c1-14-10-15(2)23(22-14)18-7-5-17(6-8-18)20(25)21-12-16(13-24)11-19-4-3-9-26-19/h3-10,16,24H,11-13H2,1-2H3,(H,21,25)/t16-/m0/s1. The van der Waals surface area contributed by atoms with Gasteiger partial charge in [-0.15, -0.1) is 0 Å². The predicted octanol–water partition coefficient (Wildman–Crippen LogP) is 2.66. The molecule has 1 amide bonds. The van der Waals surface area contributed by atoms with Gasteiger partial charge in [0.1, 0.15) is 5.76 Å². The lowest BCUT2D eigenvalue weighted by Crippen LogP contribution is -2.31. The summed E-state index contributed by atoms with van der Waals surface area (Å²) in [5, 5.41) is 16.8. The van der Waals surface area contributed by atoms with Crippen LogP contribution in [0.2, 0.25) is 0 Å². The maximum absolute atomic E-state index is 12.3. The second kappa shape index (κ2) is 8.01. The van der Waals surface area contributed by atoms with Crippen molar-refractivity contribution in [2.24, 2.45) is 5.92 Å². The fraction of sp³-hybridized carbons (Fsp3) is 0.300. The summed E-state index contributed by atoms with van der Waals surface area (Å²) in [6.07, 6.45) is 2.19. The third-order valence-electron chi connectivity index (χ3n) is 4.26. The summed E-state index contributed by atoms with van der Waals surface area (Å²) >= 11 is 0. The number of aromatic nitrogens is 2. The predicted molar refractivity (Wildman–Crippen MR) is 98.4 cm³/mol. The molecular weight excluding hydrogens is 330 g/mol. The molecule has 0 aliphatic rings. The van der Waals surface area contributed by atoms with E-state index in [1.54, 1.807) is 18.4 Å². The minimum Gasteiger partial charge on any atom is -0.469 e. The van der Waals surface area contributed by atoms with E-state index in [-0.39, 0.29) is 18.4 Å². The fourth-order valence-electron chi connectivity index (χ4n) is 2.90. The van der Waals surface area contributed by atoms with Gasteiger partial charge < -0.3 is 14.8 Å². The minimum atomic E-state index is -0.164. The van der Waals surface area contributed by atoms with Crippen LogP contribution in [0.25, 0.3) is 5.69 Å². The van der Waals surface area contributed by atoms with Crippen molar-refractivity contribution >= 4 is 5.91 Å². The van der Waals surface area contributed by atoms with Crippen LogP contribution in [0.1, 0.15) is 27.5 Å². The summed E-state index contributed by atoms with van der Waals surface area (Å²) in [7, 11) is 0. The first-order valence-electron chi connectivity index (χ1n) is 8.62. The summed E-state index contributed by atoms with van der Waals surface area (Å²) in [5.74, 6) is 0.550. The van der Waals surface area contributed by atoms with Crippen LogP contribution < -0.4 is 5.32 Å². The number of aliphatic hydroxyl groups excluding tert-OH is 1. The van der Waals surface area contributed by atoms with Gasteiger partial charge in [-0.3, -0.25) is 4.79 Å². The van der Waals surface area contributed by atoms with Gasteiger partial charge in [0.05, 0.1) is 17.6 Å². The Morgan fingerprint density at radius 1 is 1.27 bits per heavy atom. The van der Waals surface area contributed by atoms with Crippen molar-refractivity contribution in [2.45, 2.75) is 20.3 Å². The Bertz CT molecular complexity index is 851. The highest BCUT2D eigenvalue weighted by Crippen LogP contribution is 2.13. The SMILES string of the molecule is Cc1cc(C)n(-c2ccc(C(=O)NC[C@@H](CO)Cc3ccco3)cc2)n1. The van der Waals surface area contributed by atoms with Gasteiger partial charge in [0.2, 0.25) is 0 Å². The minimum absolute atomic E-state index is 0.0160. The van der Waals surface area contributed by atoms with Crippen LogP contribution in [0.5, 0.6) is 0 Å². The maximum atomic E-state index is 12.3. The van der Waals surface area contributed by atoms with Crippen molar-refractivity contribution < 1.29 is 14.3 Å². The quantitative estimate of drug-likeness (QED) is 0.684. The third kappa shape index (κ3) is 4.21. The van der Waals surface area contributed by atoms with E-state index in [1.807, 2.05) is 48.9 Å². The van der Waals surface area contributed by atoms with Crippen LogP contribution in [0.4, 0.5) is 0 Å². The highest BCUT2D eigenvalue weighted by molar-refractivity contribution is 5.94. The van der Waals surface area contributed by atoms with Crippen molar-refractivity contribution in [3.05, 3.63) is 71.4 Å². The molecule has 3 rings (SSSR count). The first-order chi connectivity index (χ1) is 12.6. The molecule has 6 heteroatoms. The number of rotatable bonds is 7. The number of carbonyl (C=O) groups is 1. The van der Waals surface area contributed by atoms with E-state index in [2.05, 4.69) is 10.4 Å². The zero-order valence-corrected chi connectivity index (χ0v) is 15.0. The van der Waals surface area contributed by atoms with Gasteiger partial charge in [-0.25, -0.2) is 4.68 Å². The monoisotopic (exact) mass is 353 g/mol. The van der Waals surface area contributed by atoms with Crippen molar-refractivity contribution in [1.29, 1.82) is 0 Å². The number of hydrogen-bond acceptors (Lipinski definition) is 4. The van der Waals surface area contributed by atoms with E-state index >= 15 is 0 Å². The lowest BCUT2D eigenvalue weighted by Gasteiger charge is -2.14. The summed E-state index contributed by atoms with van der Waals surface area (Å²) in [5.41, 5.74) is 3.49. The molecule has 0 unspecified atom stereocenters. The zero-order valence-electron chi connectivity index (χ0n) is 15.0. The zero-order chi connectivity index (χ0) is 18.5. The molecule has 2 heterocycles. The lowest BCUT2D eigenvalue weighted by molar-refractivity contribution is 0.0939. The Morgan fingerprint density at radius 2 is 2.04 bits per heavy atom. The molecule has 1 atom stereocenters. The van der Waals surface area contributed by atoms with Gasteiger partial charge in [0.15, 0.2) is 0 Å². The molecule has 0 aliphatic carbocycles. The number of nitrogens with one attached hydrogen (secondary N) is 1. The molecule has 26 heavy (non-hydrogen) atoms. The van der Waals surface area contributed by atoms with Gasteiger partial charge in [0.25, 0.3) is 5.91 Å². The largest absolute Gasteiger partial charge is 0.469 e. The number of nitrogens with zero attached hydrogens (tertiary/aromatic N) is 2. The average Bonchev–Trinajstić information content (AvgIpc) is 3.27. The van der Waals surface area contributed by atoms with Crippen LogP contribution in [-0.4, -0.2) is 33.9 Å². The first-order valence-corrected chi connectivity index (χ1v) is 8.62. The van der Waals surface area contributed by atoms with Crippen molar-refractivity contribution in [3.63, 3.8) is 0 Å². The van der Waals surface area contributed by atoms with Crippen LogP contribution in [0.3, 0.4) is 0 Å². The molecular formula is C20H23N3O3. The number of hydrogen-bond donors (Lipinski definition) is 2. The molecule has 2 N–H and O–H groups in total. The van der Waals surface area contributed by atoms with Gasteiger partial charge in [-0.05, 0) is 56.3 Å². The van der Waals surface area contributed by atoms with Crippen molar-refractivity contribution in [1.82, 2.24) is 15.1 Å². The highest BCUT2D eigenvalue weighted by Gasteiger charge is 2.13. The second-order valence-electron chi connectivity index (χ2n) is 6.43. The number of aliphatic hydroxyl groups is 1. The van der Waals surface area contributed by atoms with Crippen LogP contribution in [-0.2, 0) is 6.42 Å². The molecule has 2 aromatic heterocycles. The Hall–Kier alpha value is -2.86. The summed E-state index contributed by atoms with van der Waals surface area (Å²) < 4.78 is 7.14. The number of benzene rings is 1. The topological polar surface area (TPSA) is 80.3 Å². The molecule has 0 spiro atoms. The summed E-state index contributed by atoms with van der Waals surface area (Å²) in [6, 6.07) is 13.0. The Balaban J connectivity index is 1.60. The lowest BCUT2D eigenvalue weighted by atomic mass is 10.0. The smallest absolute Gasteiger partial charge is 0.251 e. The average molecular weight is 353 g/mol. The van der Waals surface area contributed by atoms with E-state index in [0.29, 0.717) is 18.5 Å². The molecule has 0 saturated heterocycles. The van der Waals surface area contributed by atoms with E-state index < -0.39 is 0 Å². The number of carbonyl (C=O) groups excluding carboxylic acids is 1. The van der Waals surface area contributed by atoms with E-state index in [4.69, 9.17) is 4.42 Å². The van der Waals surface area contributed by atoms with Crippen LogP contribution in [0.15, 0.2) is 53.1 Å². The number of aryl methyl sites for hydroxylation is 2. The van der Waals surface area contributed by atoms with E-state index in [9.17, 15) is 9.90 Å². The maximum Gasteiger partial charge on any atom is 0.251 e. The van der Waals surface area contributed by atoms with Gasteiger partial charge in [-0.2, -0.15) is 5.10 Å². The van der Waals surface area contributed by atoms with Crippen molar-refractivity contribution in [3.8, 4) is 5.69 Å². The Labute approximate surface area is 152 Å². The number of amides is 1. The fourth-order valence-corrected chi connectivity index (χ4v) is 2.90. The number of furan rings is 1. The van der Waals surface area contributed by atoms with E-state index in [0.717, 1.165) is 22.8 Å². The molecule has 136 valence electrons. The van der Waals surface area contributed by atoms with Gasteiger partial charge in [0, 0.05) is 36.7 Å². The Morgan fingerprint density at radius 3 is 2.62 bits per heavy atom. The van der Waals surface area contributed by atoms with Crippen molar-refractivity contribution in [2.75, 3.05) is 13.2 Å². The summed E-state index contributed by atoms with van der Waals surface area (Å²) in [4.78, 5) is 12.3. The van der Waals surface area contributed by atoms with Crippen LogP contribution in [0, 0.1) is 19.8 Å². The van der Waals surface area contributed by atoms with Crippen LogP contribution >= 0.6 is 0 Å².